The Bertz CT molecular complexity index is 268. The lowest BCUT2D eigenvalue weighted by atomic mass is 9.90. The second-order valence-corrected chi connectivity index (χ2v) is 4.98. The van der Waals surface area contributed by atoms with E-state index in [1.165, 1.54) is 12.8 Å². The Hall–Kier alpha value is -0.770. The molecule has 1 unspecified atom stereocenters. The standard InChI is InChI=1S/C11H18N2O2/c14-10-13(9-2-3-9)11(8-15-10)4-1-6-12-7-5-11/h9,12H,1-8H2. The van der Waals surface area contributed by atoms with Crippen molar-refractivity contribution in [3.8, 4) is 0 Å². The van der Waals surface area contributed by atoms with Crippen LogP contribution in [0.2, 0.25) is 0 Å². The van der Waals surface area contributed by atoms with Crippen LogP contribution < -0.4 is 5.32 Å². The molecule has 1 amide bonds. The molecule has 1 saturated carbocycles. The van der Waals surface area contributed by atoms with Crippen LogP contribution in [0.15, 0.2) is 0 Å². The van der Waals surface area contributed by atoms with Gasteiger partial charge in [0.25, 0.3) is 0 Å². The first kappa shape index (κ1) is 9.46. The van der Waals surface area contributed by atoms with E-state index < -0.39 is 0 Å². The van der Waals surface area contributed by atoms with E-state index in [-0.39, 0.29) is 11.6 Å². The Kier molecular flexibility index (Phi) is 2.12. The number of carbonyl (C=O) groups excluding carboxylic acids is 1. The number of hydrogen-bond donors (Lipinski definition) is 1. The molecule has 2 aliphatic heterocycles. The number of carbonyl (C=O) groups is 1. The van der Waals surface area contributed by atoms with Crippen LogP contribution in [-0.4, -0.2) is 42.3 Å². The minimum Gasteiger partial charge on any atom is -0.447 e. The van der Waals surface area contributed by atoms with Gasteiger partial charge in [0.2, 0.25) is 0 Å². The predicted octanol–water partition coefficient (Wildman–Crippen LogP) is 1.11. The summed E-state index contributed by atoms with van der Waals surface area (Å²) in [6.07, 6.45) is 5.57. The highest BCUT2D eigenvalue weighted by molar-refractivity contribution is 5.72. The summed E-state index contributed by atoms with van der Waals surface area (Å²) in [4.78, 5) is 13.8. The summed E-state index contributed by atoms with van der Waals surface area (Å²) >= 11 is 0. The van der Waals surface area contributed by atoms with Gasteiger partial charge in [0.15, 0.2) is 0 Å². The predicted molar refractivity (Wildman–Crippen MR) is 55.7 cm³/mol. The number of rotatable bonds is 1. The van der Waals surface area contributed by atoms with Gasteiger partial charge in [-0.3, -0.25) is 4.90 Å². The molecule has 1 N–H and O–H groups in total. The van der Waals surface area contributed by atoms with E-state index in [1.54, 1.807) is 0 Å². The molecule has 3 rings (SSSR count). The van der Waals surface area contributed by atoms with E-state index in [2.05, 4.69) is 10.2 Å². The molecule has 2 heterocycles. The van der Waals surface area contributed by atoms with E-state index >= 15 is 0 Å². The summed E-state index contributed by atoms with van der Waals surface area (Å²) in [6, 6.07) is 0.484. The van der Waals surface area contributed by atoms with Crippen molar-refractivity contribution in [1.82, 2.24) is 10.2 Å². The number of ether oxygens (including phenoxy) is 1. The SMILES string of the molecule is O=C1OCC2(CCCNCC2)N1C1CC1. The molecule has 15 heavy (non-hydrogen) atoms. The first-order valence-electron chi connectivity index (χ1n) is 5.99. The zero-order chi connectivity index (χ0) is 10.3. The number of nitrogens with one attached hydrogen (secondary N) is 1. The average molecular weight is 210 g/mol. The Morgan fingerprint density at radius 3 is 3.00 bits per heavy atom. The van der Waals surface area contributed by atoms with Gasteiger partial charge >= 0.3 is 6.09 Å². The summed E-state index contributed by atoms with van der Waals surface area (Å²) in [5.41, 5.74) is 0.0295. The maximum atomic E-state index is 11.7. The number of nitrogens with zero attached hydrogens (tertiary/aromatic N) is 1. The summed E-state index contributed by atoms with van der Waals surface area (Å²) in [6.45, 7) is 2.71. The lowest BCUT2D eigenvalue weighted by Gasteiger charge is -2.34. The monoisotopic (exact) mass is 210 g/mol. The molecule has 0 aromatic carbocycles. The molecule has 3 aliphatic rings. The molecule has 1 aliphatic carbocycles. The van der Waals surface area contributed by atoms with Crippen LogP contribution in [-0.2, 0) is 4.74 Å². The fourth-order valence-electron chi connectivity index (χ4n) is 2.90. The third-order valence-electron chi connectivity index (χ3n) is 3.85. The van der Waals surface area contributed by atoms with Crippen molar-refractivity contribution in [2.45, 2.75) is 43.7 Å². The van der Waals surface area contributed by atoms with Gasteiger partial charge in [-0.05, 0) is 45.2 Å². The molecule has 4 heteroatoms. The van der Waals surface area contributed by atoms with E-state index in [4.69, 9.17) is 4.74 Å². The highest BCUT2D eigenvalue weighted by Gasteiger charge is 2.52. The molecular formula is C11H18N2O2. The van der Waals surface area contributed by atoms with Crippen molar-refractivity contribution < 1.29 is 9.53 Å². The fourth-order valence-corrected chi connectivity index (χ4v) is 2.90. The normalized spacial score (nSPS) is 36.8. The summed E-state index contributed by atoms with van der Waals surface area (Å²) in [7, 11) is 0. The van der Waals surface area contributed by atoms with Gasteiger partial charge in [-0.2, -0.15) is 0 Å². The number of hydrogen-bond acceptors (Lipinski definition) is 3. The average Bonchev–Trinajstić information content (AvgIpc) is 3.00. The van der Waals surface area contributed by atoms with Gasteiger partial charge in [0, 0.05) is 6.04 Å². The van der Waals surface area contributed by atoms with Gasteiger partial charge in [-0.1, -0.05) is 0 Å². The number of amides is 1. The largest absolute Gasteiger partial charge is 0.447 e. The molecular weight excluding hydrogens is 192 g/mol. The Labute approximate surface area is 90.0 Å². The van der Waals surface area contributed by atoms with Crippen LogP contribution in [0, 0.1) is 0 Å². The molecule has 2 saturated heterocycles. The Balaban J connectivity index is 1.84. The van der Waals surface area contributed by atoms with Crippen molar-refractivity contribution >= 4 is 6.09 Å². The van der Waals surface area contributed by atoms with E-state index in [0.717, 1.165) is 32.4 Å². The summed E-state index contributed by atoms with van der Waals surface area (Å²) in [5, 5.41) is 3.40. The maximum Gasteiger partial charge on any atom is 0.410 e. The molecule has 3 fully saturated rings. The third kappa shape index (κ3) is 1.51. The molecule has 0 aromatic heterocycles. The second-order valence-electron chi connectivity index (χ2n) is 4.98. The van der Waals surface area contributed by atoms with Gasteiger partial charge < -0.3 is 10.1 Å². The van der Waals surface area contributed by atoms with Crippen molar-refractivity contribution in [2.75, 3.05) is 19.7 Å². The van der Waals surface area contributed by atoms with Crippen LogP contribution >= 0.6 is 0 Å². The van der Waals surface area contributed by atoms with Crippen LogP contribution in [0.3, 0.4) is 0 Å². The van der Waals surface area contributed by atoms with Crippen LogP contribution in [0.1, 0.15) is 32.1 Å². The van der Waals surface area contributed by atoms with Crippen molar-refractivity contribution in [1.29, 1.82) is 0 Å². The highest BCUT2D eigenvalue weighted by atomic mass is 16.6. The smallest absolute Gasteiger partial charge is 0.410 e. The lowest BCUT2D eigenvalue weighted by molar-refractivity contribution is 0.137. The summed E-state index contributed by atoms with van der Waals surface area (Å²) in [5.74, 6) is 0. The van der Waals surface area contributed by atoms with Crippen LogP contribution in [0.25, 0.3) is 0 Å². The zero-order valence-corrected chi connectivity index (χ0v) is 9.00. The second kappa shape index (κ2) is 3.37. The highest BCUT2D eigenvalue weighted by Crippen LogP contribution is 2.41. The third-order valence-corrected chi connectivity index (χ3v) is 3.85. The molecule has 0 aromatic rings. The quantitative estimate of drug-likeness (QED) is 0.705. The maximum absolute atomic E-state index is 11.7. The van der Waals surface area contributed by atoms with E-state index in [0.29, 0.717) is 12.6 Å². The van der Waals surface area contributed by atoms with Crippen molar-refractivity contribution in [3.63, 3.8) is 0 Å². The van der Waals surface area contributed by atoms with Crippen molar-refractivity contribution in [2.24, 2.45) is 0 Å². The molecule has 0 radical (unpaired) electrons. The van der Waals surface area contributed by atoms with Gasteiger partial charge in [0.05, 0.1) is 5.54 Å². The molecule has 4 nitrogen and oxygen atoms in total. The van der Waals surface area contributed by atoms with Crippen LogP contribution in [0.5, 0.6) is 0 Å². The molecule has 84 valence electrons. The first-order chi connectivity index (χ1) is 7.32. The topological polar surface area (TPSA) is 41.6 Å². The minimum absolute atomic E-state index is 0.0295. The first-order valence-corrected chi connectivity index (χ1v) is 5.99. The minimum atomic E-state index is -0.0700. The lowest BCUT2D eigenvalue weighted by Crippen LogP contribution is -2.48. The fraction of sp³-hybridized carbons (Fsp3) is 0.909. The van der Waals surface area contributed by atoms with E-state index in [9.17, 15) is 4.79 Å². The van der Waals surface area contributed by atoms with Gasteiger partial charge in [0.1, 0.15) is 6.61 Å². The molecule has 1 spiro atoms. The molecule has 0 bridgehead atoms. The molecule has 1 atom stereocenters. The van der Waals surface area contributed by atoms with Gasteiger partial charge in [-0.15, -0.1) is 0 Å². The summed E-state index contributed by atoms with van der Waals surface area (Å²) < 4.78 is 5.27. The Morgan fingerprint density at radius 1 is 1.33 bits per heavy atom. The van der Waals surface area contributed by atoms with Gasteiger partial charge in [-0.25, -0.2) is 4.79 Å². The zero-order valence-electron chi connectivity index (χ0n) is 9.00. The van der Waals surface area contributed by atoms with Crippen molar-refractivity contribution in [3.05, 3.63) is 0 Å². The Morgan fingerprint density at radius 2 is 2.20 bits per heavy atom. The number of cyclic esters (lactones) is 1. The van der Waals surface area contributed by atoms with E-state index in [1.807, 2.05) is 0 Å². The van der Waals surface area contributed by atoms with Crippen LogP contribution in [0.4, 0.5) is 4.79 Å².